The van der Waals surface area contributed by atoms with Crippen LogP contribution in [0.4, 0.5) is 22.9 Å². The molecule has 0 amide bonds. The van der Waals surface area contributed by atoms with Gasteiger partial charge in [-0.3, -0.25) is 4.98 Å². The molecule has 5 nitrogen and oxygen atoms in total. The summed E-state index contributed by atoms with van der Waals surface area (Å²) in [5.74, 6) is 0.194. The minimum Gasteiger partial charge on any atom is -0.383 e. The number of para-hydroxylation sites is 2. The van der Waals surface area contributed by atoms with Gasteiger partial charge < -0.3 is 10.6 Å². The fourth-order valence-electron chi connectivity index (χ4n) is 3.95. The minimum atomic E-state index is 0.194. The van der Waals surface area contributed by atoms with E-state index in [0.717, 1.165) is 28.2 Å². The van der Waals surface area contributed by atoms with E-state index in [-0.39, 0.29) is 5.82 Å². The second-order valence-electron chi connectivity index (χ2n) is 7.70. The number of nitrogens with zero attached hydrogens (tertiary/aromatic N) is 4. The largest absolute Gasteiger partial charge is 0.383 e. The van der Waals surface area contributed by atoms with Crippen molar-refractivity contribution in [2.24, 2.45) is 0 Å². The van der Waals surface area contributed by atoms with Gasteiger partial charge in [-0.15, -0.1) is 0 Å². The van der Waals surface area contributed by atoms with Gasteiger partial charge in [0.25, 0.3) is 0 Å². The molecule has 162 valence electrons. The number of hydrogen-bond acceptors (Lipinski definition) is 5. The van der Waals surface area contributed by atoms with E-state index in [1.54, 1.807) is 6.20 Å². The number of nitrogen functional groups attached to an aromatic ring is 1. The summed E-state index contributed by atoms with van der Waals surface area (Å²) in [6.45, 7) is 0. The molecule has 0 atom stereocenters. The predicted molar refractivity (Wildman–Crippen MR) is 137 cm³/mol. The molecule has 2 heterocycles. The van der Waals surface area contributed by atoms with Gasteiger partial charge in [-0.2, -0.15) is 5.26 Å². The fraction of sp³-hybridized carbons (Fsp3) is 0. The SMILES string of the molecule is N#Cc1c(-c2ccc(N(c3ccccc3)c3ccccc3)cc2)cc(-c2ccccn2)nc1N. The first-order valence-electron chi connectivity index (χ1n) is 10.9. The molecule has 34 heavy (non-hydrogen) atoms. The van der Waals surface area contributed by atoms with Crippen molar-refractivity contribution in [2.75, 3.05) is 10.6 Å². The quantitative estimate of drug-likeness (QED) is 0.328. The Balaban J connectivity index is 1.59. The number of nitriles is 1. The van der Waals surface area contributed by atoms with Crippen LogP contribution < -0.4 is 10.6 Å². The summed E-state index contributed by atoms with van der Waals surface area (Å²) in [6.07, 6.45) is 1.71. The molecule has 0 aliphatic rings. The van der Waals surface area contributed by atoms with Gasteiger partial charge in [0.1, 0.15) is 17.5 Å². The van der Waals surface area contributed by atoms with Crippen molar-refractivity contribution in [3.05, 3.63) is 121 Å². The first kappa shape index (κ1) is 20.9. The average molecular weight is 440 g/mol. The molecule has 0 saturated carbocycles. The van der Waals surface area contributed by atoms with Crippen LogP contribution in [0, 0.1) is 11.3 Å². The van der Waals surface area contributed by atoms with Crippen LogP contribution in [-0.2, 0) is 0 Å². The Labute approximate surface area is 198 Å². The number of anilines is 4. The zero-order chi connectivity index (χ0) is 23.3. The Morgan fingerprint density at radius 1 is 0.676 bits per heavy atom. The Morgan fingerprint density at radius 2 is 1.26 bits per heavy atom. The summed E-state index contributed by atoms with van der Waals surface area (Å²) >= 11 is 0. The zero-order valence-corrected chi connectivity index (χ0v) is 18.3. The third-order valence-electron chi connectivity index (χ3n) is 5.55. The normalized spacial score (nSPS) is 10.4. The maximum Gasteiger partial charge on any atom is 0.142 e. The first-order valence-corrected chi connectivity index (χ1v) is 10.9. The molecule has 5 rings (SSSR count). The van der Waals surface area contributed by atoms with Gasteiger partial charge in [-0.25, -0.2) is 4.98 Å². The molecule has 0 fully saturated rings. The molecule has 0 saturated heterocycles. The maximum atomic E-state index is 9.77. The lowest BCUT2D eigenvalue weighted by Gasteiger charge is -2.25. The van der Waals surface area contributed by atoms with Crippen molar-refractivity contribution in [3.63, 3.8) is 0 Å². The Bertz CT molecular complexity index is 1400. The fourth-order valence-corrected chi connectivity index (χ4v) is 3.95. The predicted octanol–water partition coefficient (Wildman–Crippen LogP) is 6.73. The van der Waals surface area contributed by atoms with E-state index in [2.05, 4.69) is 45.2 Å². The van der Waals surface area contributed by atoms with Gasteiger partial charge >= 0.3 is 0 Å². The molecular weight excluding hydrogens is 418 g/mol. The molecule has 5 aromatic rings. The van der Waals surface area contributed by atoms with Gasteiger partial charge in [0.2, 0.25) is 0 Å². The molecule has 0 aliphatic carbocycles. The highest BCUT2D eigenvalue weighted by molar-refractivity contribution is 5.82. The molecule has 0 radical (unpaired) electrons. The topological polar surface area (TPSA) is 78.8 Å². The smallest absolute Gasteiger partial charge is 0.142 e. The van der Waals surface area contributed by atoms with Crippen molar-refractivity contribution in [2.45, 2.75) is 0 Å². The van der Waals surface area contributed by atoms with Crippen LogP contribution in [0.15, 0.2) is 115 Å². The highest BCUT2D eigenvalue weighted by Gasteiger charge is 2.16. The molecule has 0 bridgehead atoms. The third kappa shape index (κ3) is 4.08. The van der Waals surface area contributed by atoms with Gasteiger partial charge in [-0.1, -0.05) is 54.6 Å². The van der Waals surface area contributed by atoms with E-state index in [0.29, 0.717) is 17.0 Å². The lowest BCUT2D eigenvalue weighted by molar-refractivity contribution is 1.24. The second-order valence-corrected chi connectivity index (χ2v) is 7.70. The van der Waals surface area contributed by atoms with E-state index in [4.69, 9.17) is 5.73 Å². The number of pyridine rings is 2. The lowest BCUT2D eigenvalue weighted by Crippen LogP contribution is -2.09. The van der Waals surface area contributed by atoms with Crippen LogP contribution in [0.2, 0.25) is 0 Å². The molecule has 5 heteroatoms. The Hall–Kier alpha value is -4.95. The number of rotatable bonds is 5. The van der Waals surface area contributed by atoms with E-state index >= 15 is 0 Å². The van der Waals surface area contributed by atoms with Gasteiger partial charge in [0.05, 0.1) is 11.4 Å². The zero-order valence-electron chi connectivity index (χ0n) is 18.3. The summed E-state index contributed by atoms with van der Waals surface area (Å²) in [7, 11) is 0. The van der Waals surface area contributed by atoms with Crippen molar-refractivity contribution in [3.8, 4) is 28.6 Å². The Kier molecular flexibility index (Phi) is 5.71. The van der Waals surface area contributed by atoms with Crippen LogP contribution in [0.5, 0.6) is 0 Å². The number of benzene rings is 3. The molecular formula is C29H21N5. The number of nitrogens with two attached hydrogens (primary N) is 1. The molecule has 3 aromatic carbocycles. The summed E-state index contributed by atoms with van der Waals surface area (Å²) in [6, 6.07) is 38.3. The van der Waals surface area contributed by atoms with Crippen LogP contribution >= 0.6 is 0 Å². The van der Waals surface area contributed by atoms with E-state index in [1.807, 2.05) is 84.9 Å². The maximum absolute atomic E-state index is 9.77. The summed E-state index contributed by atoms with van der Waals surface area (Å²) in [5.41, 5.74) is 12.6. The summed E-state index contributed by atoms with van der Waals surface area (Å²) in [5, 5.41) is 9.77. The number of hydrogen-bond donors (Lipinski definition) is 1. The van der Waals surface area contributed by atoms with Crippen molar-refractivity contribution < 1.29 is 0 Å². The first-order chi connectivity index (χ1) is 16.7. The van der Waals surface area contributed by atoms with Crippen molar-refractivity contribution in [1.82, 2.24) is 9.97 Å². The summed E-state index contributed by atoms with van der Waals surface area (Å²) in [4.78, 5) is 11.0. The molecule has 0 unspecified atom stereocenters. The summed E-state index contributed by atoms with van der Waals surface area (Å²) < 4.78 is 0. The van der Waals surface area contributed by atoms with E-state index in [9.17, 15) is 5.26 Å². The third-order valence-corrected chi connectivity index (χ3v) is 5.55. The second kappa shape index (κ2) is 9.27. The highest BCUT2D eigenvalue weighted by Crippen LogP contribution is 2.36. The standard InChI is InChI=1S/C29H21N5/c30-20-26-25(19-28(33-29(26)31)27-13-7-8-18-32-27)21-14-16-24(17-15-21)34(22-9-3-1-4-10-22)23-11-5-2-6-12-23/h1-19H,(H2,31,33). The minimum absolute atomic E-state index is 0.194. The highest BCUT2D eigenvalue weighted by atomic mass is 15.1. The van der Waals surface area contributed by atoms with Gasteiger partial charge in [0, 0.05) is 28.8 Å². The lowest BCUT2D eigenvalue weighted by atomic mass is 9.99. The van der Waals surface area contributed by atoms with Crippen LogP contribution in [0.3, 0.4) is 0 Å². The monoisotopic (exact) mass is 439 g/mol. The van der Waals surface area contributed by atoms with E-state index < -0.39 is 0 Å². The van der Waals surface area contributed by atoms with Crippen LogP contribution in [-0.4, -0.2) is 9.97 Å². The van der Waals surface area contributed by atoms with Gasteiger partial charge in [-0.05, 0) is 60.2 Å². The molecule has 0 spiro atoms. The van der Waals surface area contributed by atoms with Crippen LogP contribution in [0.25, 0.3) is 22.5 Å². The van der Waals surface area contributed by atoms with E-state index in [1.165, 1.54) is 0 Å². The van der Waals surface area contributed by atoms with Crippen molar-refractivity contribution in [1.29, 1.82) is 5.26 Å². The average Bonchev–Trinajstić information content (AvgIpc) is 2.90. The Morgan fingerprint density at radius 3 is 1.82 bits per heavy atom. The molecule has 2 aromatic heterocycles. The number of aromatic nitrogens is 2. The van der Waals surface area contributed by atoms with Crippen LogP contribution in [0.1, 0.15) is 5.56 Å². The van der Waals surface area contributed by atoms with Gasteiger partial charge in [0.15, 0.2) is 0 Å². The van der Waals surface area contributed by atoms with Crippen molar-refractivity contribution >= 4 is 22.9 Å². The molecule has 2 N–H and O–H groups in total. The molecule has 0 aliphatic heterocycles.